The van der Waals surface area contributed by atoms with Crippen molar-refractivity contribution in [1.29, 1.82) is 0 Å². The summed E-state index contributed by atoms with van der Waals surface area (Å²) in [4.78, 5) is 26.6. The molecule has 24 heavy (non-hydrogen) atoms. The zero-order valence-corrected chi connectivity index (χ0v) is 14.2. The van der Waals surface area contributed by atoms with E-state index in [4.69, 9.17) is 0 Å². The Morgan fingerprint density at radius 1 is 1.12 bits per heavy atom. The van der Waals surface area contributed by atoms with Crippen LogP contribution in [0.1, 0.15) is 31.2 Å². The minimum absolute atomic E-state index is 0.0590. The molecule has 1 aromatic carbocycles. The summed E-state index contributed by atoms with van der Waals surface area (Å²) < 4.78 is 0. The predicted octanol–water partition coefficient (Wildman–Crippen LogP) is 1.34. The molecular formula is C19H27N3O2. The second-order valence-corrected chi connectivity index (χ2v) is 6.84. The molecule has 130 valence electrons. The summed E-state index contributed by atoms with van der Waals surface area (Å²) in [5.41, 5.74) is 1.20. The lowest BCUT2D eigenvalue weighted by Gasteiger charge is -2.32. The fourth-order valence-corrected chi connectivity index (χ4v) is 3.54. The second-order valence-electron chi connectivity index (χ2n) is 6.84. The molecule has 0 aromatic heterocycles. The number of hydrogen-bond acceptors (Lipinski definition) is 3. The van der Waals surface area contributed by atoms with Crippen LogP contribution in [-0.4, -0.2) is 48.9 Å². The quantitative estimate of drug-likeness (QED) is 0.857. The highest BCUT2D eigenvalue weighted by molar-refractivity contribution is 5.80. The van der Waals surface area contributed by atoms with E-state index >= 15 is 0 Å². The van der Waals surface area contributed by atoms with Crippen LogP contribution in [0, 0.1) is 5.92 Å². The Labute approximate surface area is 143 Å². The van der Waals surface area contributed by atoms with Gasteiger partial charge in [-0.25, -0.2) is 0 Å². The van der Waals surface area contributed by atoms with Crippen LogP contribution in [0.25, 0.3) is 0 Å². The summed E-state index contributed by atoms with van der Waals surface area (Å²) in [5.74, 6) is 0.432. The molecule has 0 bridgehead atoms. The summed E-state index contributed by atoms with van der Waals surface area (Å²) >= 11 is 0. The monoisotopic (exact) mass is 329 g/mol. The van der Waals surface area contributed by atoms with E-state index in [1.54, 1.807) is 0 Å². The van der Waals surface area contributed by atoms with E-state index in [0.29, 0.717) is 19.5 Å². The van der Waals surface area contributed by atoms with Crippen molar-refractivity contribution >= 4 is 11.8 Å². The van der Waals surface area contributed by atoms with Crippen LogP contribution >= 0.6 is 0 Å². The molecule has 0 aliphatic carbocycles. The van der Waals surface area contributed by atoms with Gasteiger partial charge in [-0.1, -0.05) is 30.3 Å². The van der Waals surface area contributed by atoms with Gasteiger partial charge in [0, 0.05) is 38.0 Å². The SMILES string of the molecule is O=C(NC1CCNC1)C1CCN(C(=O)CCc2ccccc2)CC1. The minimum Gasteiger partial charge on any atom is -0.352 e. The van der Waals surface area contributed by atoms with Gasteiger partial charge in [-0.05, 0) is 37.8 Å². The minimum atomic E-state index is 0.0590. The number of nitrogens with zero attached hydrogens (tertiary/aromatic N) is 1. The predicted molar refractivity (Wildman–Crippen MR) is 93.5 cm³/mol. The van der Waals surface area contributed by atoms with Crippen molar-refractivity contribution in [1.82, 2.24) is 15.5 Å². The molecule has 2 saturated heterocycles. The van der Waals surface area contributed by atoms with E-state index in [-0.39, 0.29) is 23.8 Å². The molecule has 2 aliphatic rings. The summed E-state index contributed by atoms with van der Waals surface area (Å²) in [5, 5.41) is 6.40. The number of nitrogens with one attached hydrogen (secondary N) is 2. The summed E-state index contributed by atoms with van der Waals surface area (Å²) in [6.45, 7) is 3.27. The Morgan fingerprint density at radius 2 is 1.88 bits per heavy atom. The van der Waals surface area contributed by atoms with Crippen LogP contribution in [-0.2, 0) is 16.0 Å². The number of carbonyl (C=O) groups excluding carboxylic acids is 2. The van der Waals surface area contributed by atoms with Crippen LogP contribution in [0.15, 0.2) is 30.3 Å². The molecular weight excluding hydrogens is 302 g/mol. The summed E-state index contributed by atoms with van der Waals surface area (Å²) in [6, 6.07) is 10.4. The fraction of sp³-hybridized carbons (Fsp3) is 0.579. The van der Waals surface area contributed by atoms with E-state index in [9.17, 15) is 9.59 Å². The van der Waals surface area contributed by atoms with Crippen LogP contribution in [0.3, 0.4) is 0 Å². The largest absolute Gasteiger partial charge is 0.352 e. The molecule has 1 unspecified atom stereocenters. The first-order valence-corrected chi connectivity index (χ1v) is 9.05. The van der Waals surface area contributed by atoms with Gasteiger partial charge in [-0.2, -0.15) is 0 Å². The highest BCUT2D eigenvalue weighted by atomic mass is 16.2. The van der Waals surface area contributed by atoms with Crippen LogP contribution in [0.4, 0.5) is 0 Å². The Morgan fingerprint density at radius 3 is 2.54 bits per heavy atom. The number of aryl methyl sites for hydroxylation is 1. The van der Waals surface area contributed by atoms with E-state index in [0.717, 1.165) is 38.8 Å². The maximum atomic E-state index is 12.3. The van der Waals surface area contributed by atoms with Crippen molar-refractivity contribution < 1.29 is 9.59 Å². The topological polar surface area (TPSA) is 61.4 Å². The molecule has 1 atom stereocenters. The fourth-order valence-electron chi connectivity index (χ4n) is 3.54. The third kappa shape index (κ3) is 4.57. The lowest BCUT2D eigenvalue weighted by atomic mass is 9.95. The van der Waals surface area contributed by atoms with E-state index in [1.807, 2.05) is 23.1 Å². The highest BCUT2D eigenvalue weighted by Gasteiger charge is 2.28. The summed E-state index contributed by atoms with van der Waals surface area (Å²) in [6.07, 6.45) is 3.91. The molecule has 5 heteroatoms. The van der Waals surface area contributed by atoms with Gasteiger partial charge in [0.2, 0.25) is 11.8 Å². The molecule has 0 saturated carbocycles. The van der Waals surface area contributed by atoms with Crippen LogP contribution in [0.2, 0.25) is 0 Å². The Hall–Kier alpha value is -1.88. The number of likely N-dealkylation sites (tertiary alicyclic amines) is 1. The van der Waals surface area contributed by atoms with Crippen molar-refractivity contribution in [2.45, 2.75) is 38.1 Å². The standard InChI is InChI=1S/C19H27N3O2/c23-18(7-6-15-4-2-1-3-5-15)22-12-9-16(10-13-22)19(24)21-17-8-11-20-14-17/h1-5,16-17,20H,6-14H2,(H,21,24). The number of amides is 2. The highest BCUT2D eigenvalue weighted by Crippen LogP contribution is 2.19. The molecule has 3 rings (SSSR count). The Kier molecular flexibility index (Phi) is 5.86. The molecule has 2 aliphatic heterocycles. The van der Waals surface area contributed by atoms with Crippen LogP contribution in [0.5, 0.6) is 0 Å². The van der Waals surface area contributed by atoms with Gasteiger partial charge in [0.05, 0.1) is 0 Å². The maximum absolute atomic E-state index is 12.3. The Bertz CT molecular complexity index is 547. The molecule has 1 aromatic rings. The lowest BCUT2D eigenvalue weighted by molar-refractivity contribution is -0.135. The third-order valence-corrected chi connectivity index (χ3v) is 5.10. The van der Waals surface area contributed by atoms with Gasteiger partial charge in [-0.15, -0.1) is 0 Å². The van der Waals surface area contributed by atoms with Crippen molar-refractivity contribution in [2.24, 2.45) is 5.92 Å². The molecule has 5 nitrogen and oxygen atoms in total. The van der Waals surface area contributed by atoms with E-state index in [2.05, 4.69) is 22.8 Å². The smallest absolute Gasteiger partial charge is 0.223 e. The first-order valence-electron chi connectivity index (χ1n) is 9.05. The molecule has 2 amide bonds. The van der Waals surface area contributed by atoms with Gasteiger partial charge in [0.15, 0.2) is 0 Å². The molecule has 0 spiro atoms. The van der Waals surface area contributed by atoms with Gasteiger partial charge in [0.25, 0.3) is 0 Å². The van der Waals surface area contributed by atoms with Crippen LogP contribution < -0.4 is 10.6 Å². The lowest BCUT2D eigenvalue weighted by Crippen LogP contribution is -2.45. The average Bonchev–Trinajstić information content (AvgIpc) is 3.13. The van der Waals surface area contributed by atoms with Gasteiger partial charge >= 0.3 is 0 Å². The van der Waals surface area contributed by atoms with Gasteiger partial charge < -0.3 is 15.5 Å². The zero-order chi connectivity index (χ0) is 16.8. The van der Waals surface area contributed by atoms with Crippen molar-refractivity contribution in [3.8, 4) is 0 Å². The number of rotatable bonds is 5. The van der Waals surface area contributed by atoms with Crippen molar-refractivity contribution in [2.75, 3.05) is 26.2 Å². The number of benzene rings is 1. The molecule has 2 N–H and O–H groups in total. The number of carbonyl (C=O) groups is 2. The first kappa shape index (κ1) is 17.0. The number of piperidine rings is 1. The van der Waals surface area contributed by atoms with Crippen molar-refractivity contribution in [3.63, 3.8) is 0 Å². The van der Waals surface area contributed by atoms with Gasteiger partial charge in [0.1, 0.15) is 0 Å². The van der Waals surface area contributed by atoms with E-state index in [1.165, 1.54) is 5.56 Å². The molecule has 0 radical (unpaired) electrons. The average molecular weight is 329 g/mol. The first-order chi connectivity index (χ1) is 11.7. The van der Waals surface area contributed by atoms with Crippen molar-refractivity contribution in [3.05, 3.63) is 35.9 Å². The maximum Gasteiger partial charge on any atom is 0.223 e. The zero-order valence-electron chi connectivity index (χ0n) is 14.2. The van der Waals surface area contributed by atoms with E-state index < -0.39 is 0 Å². The van der Waals surface area contributed by atoms with Gasteiger partial charge in [-0.3, -0.25) is 9.59 Å². The third-order valence-electron chi connectivity index (χ3n) is 5.10. The normalized spacial score (nSPS) is 21.7. The number of hydrogen-bond donors (Lipinski definition) is 2. The molecule has 2 heterocycles. The molecule has 2 fully saturated rings. The summed E-state index contributed by atoms with van der Waals surface area (Å²) in [7, 11) is 0. The second kappa shape index (κ2) is 8.29. The Balaban J connectivity index is 1.39.